The van der Waals surface area contributed by atoms with Crippen LogP contribution in [0.1, 0.15) is 11.3 Å². The summed E-state index contributed by atoms with van der Waals surface area (Å²) in [5.74, 6) is 2.40. The van der Waals surface area contributed by atoms with Crippen LogP contribution >= 0.6 is 11.3 Å². The fraction of sp³-hybridized carbons (Fsp3) is 0.200. The predicted molar refractivity (Wildman–Crippen MR) is 52.8 cm³/mol. The molecule has 0 aliphatic carbocycles. The number of thiophene rings is 1. The maximum Gasteiger partial charge on any atom is 0.0833 e. The minimum atomic E-state index is -0.517. The Bertz CT molecular complexity index is 279. The zero-order valence-corrected chi connectivity index (χ0v) is 7.42. The second kappa shape index (κ2) is 4.76. The van der Waals surface area contributed by atoms with Gasteiger partial charge in [0.25, 0.3) is 0 Å². The number of rotatable bonds is 3. The monoisotopic (exact) mass is 178 g/mol. The van der Waals surface area contributed by atoms with E-state index >= 15 is 0 Å². The third kappa shape index (κ3) is 2.91. The molecule has 1 aromatic rings. The van der Waals surface area contributed by atoms with E-state index in [0.29, 0.717) is 6.42 Å². The highest BCUT2D eigenvalue weighted by Crippen LogP contribution is 2.10. The summed E-state index contributed by atoms with van der Waals surface area (Å²) < 4.78 is 0. The molecule has 0 saturated heterocycles. The van der Waals surface area contributed by atoms with Gasteiger partial charge in [-0.3, -0.25) is 0 Å². The molecular weight excluding hydrogens is 168 g/mol. The minimum Gasteiger partial charge on any atom is -0.388 e. The van der Waals surface area contributed by atoms with E-state index in [-0.39, 0.29) is 0 Å². The predicted octanol–water partition coefficient (Wildman–Crippen LogP) is 2.15. The summed E-state index contributed by atoms with van der Waals surface area (Å²) in [5, 5.41) is 11.2. The molecule has 0 radical (unpaired) electrons. The van der Waals surface area contributed by atoms with E-state index in [1.54, 1.807) is 17.4 Å². The quantitative estimate of drug-likeness (QED) is 0.703. The van der Waals surface area contributed by atoms with Crippen LogP contribution in [-0.2, 0) is 0 Å². The van der Waals surface area contributed by atoms with Crippen LogP contribution in [0.5, 0.6) is 0 Å². The highest BCUT2D eigenvalue weighted by atomic mass is 32.1. The standard InChI is InChI=1S/C10H10OS/c1-2-4-9(11)6-7-10-5-3-8-12-10/h1,3,5-9,11H,4H2/b7-6+. The van der Waals surface area contributed by atoms with Crippen LogP contribution in [0.15, 0.2) is 23.6 Å². The third-order valence-electron chi connectivity index (χ3n) is 1.35. The molecule has 0 spiro atoms. The van der Waals surface area contributed by atoms with Crippen molar-refractivity contribution in [2.24, 2.45) is 0 Å². The van der Waals surface area contributed by atoms with Gasteiger partial charge in [-0.25, -0.2) is 0 Å². The highest BCUT2D eigenvalue weighted by Gasteiger charge is 1.94. The first-order valence-corrected chi connectivity index (χ1v) is 4.54. The van der Waals surface area contributed by atoms with Crippen molar-refractivity contribution in [3.8, 4) is 12.3 Å². The van der Waals surface area contributed by atoms with Gasteiger partial charge in [0.2, 0.25) is 0 Å². The fourth-order valence-corrected chi connectivity index (χ4v) is 1.41. The summed E-state index contributed by atoms with van der Waals surface area (Å²) >= 11 is 1.63. The van der Waals surface area contributed by atoms with Crippen LogP contribution in [0.2, 0.25) is 0 Å². The molecule has 1 atom stereocenters. The van der Waals surface area contributed by atoms with Gasteiger partial charge in [-0.1, -0.05) is 12.1 Å². The fourth-order valence-electron chi connectivity index (χ4n) is 0.781. The number of aliphatic hydroxyl groups excluding tert-OH is 1. The zero-order valence-electron chi connectivity index (χ0n) is 6.60. The van der Waals surface area contributed by atoms with E-state index in [0.717, 1.165) is 4.88 Å². The van der Waals surface area contributed by atoms with Gasteiger partial charge >= 0.3 is 0 Å². The SMILES string of the molecule is C#CCC(O)/C=C/c1cccs1. The molecule has 12 heavy (non-hydrogen) atoms. The molecule has 1 N–H and O–H groups in total. The molecule has 0 amide bonds. The average Bonchev–Trinajstić information content (AvgIpc) is 2.53. The molecule has 0 aliphatic rings. The van der Waals surface area contributed by atoms with E-state index in [9.17, 15) is 5.11 Å². The summed E-state index contributed by atoms with van der Waals surface area (Å²) in [4.78, 5) is 1.13. The lowest BCUT2D eigenvalue weighted by atomic mass is 10.2. The maximum atomic E-state index is 9.22. The molecule has 0 saturated carbocycles. The van der Waals surface area contributed by atoms with Gasteiger partial charge in [0.15, 0.2) is 0 Å². The molecule has 1 unspecified atom stereocenters. The molecule has 1 aromatic heterocycles. The number of hydrogen-bond donors (Lipinski definition) is 1. The second-order valence-electron chi connectivity index (χ2n) is 2.35. The van der Waals surface area contributed by atoms with Gasteiger partial charge in [-0.15, -0.1) is 23.7 Å². The van der Waals surface area contributed by atoms with E-state index in [1.807, 2.05) is 23.6 Å². The third-order valence-corrected chi connectivity index (χ3v) is 2.19. The Morgan fingerprint density at radius 3 is 3.17 bits per heavy atom. The summed E-state index contributed by atoms with van der Waals surface area (Å²) in [7, 11) is 0. The van der Waals surface area contributed by atoms with E-state index < -0.39 is 6.10 Å². The van der Waals surface area contributed by atoms with Gasteiger partial charge < -0.3 is 5.11 Å². The lowest BCUT2D eigenvalue weighted by Crippen LogP contribution is -1.98. The minimum absolute atomic E-state index is 0.377. The Morgan fingerprint density at radius 2 is 2.58 bits per heavy atom. The van der Waals surface area contributed by atoms with Crippen molar-refractivity contribution in [2.75, 3.05) is 0 Å². The molecular formula is C10H10OS. The van der Waals surface area contributed by atoms with Crippen molar-refractivity contribution in [1.29, 1.82) is 0 Å². The largest absolute Gasteiger partial charge is 0.388 e. The molecule has 1 rings (SSSR count). The smallest absolute Gasteiger partial charge is 0.0833 e. The second-order valence-corrected chi connectivity index (χ2v) is 3.33. The van der Waals surface area contributed by atoms with E-state index in [4.69, 9.17) is 6.42 Å². The number of aliphatic hydroxyl groups is 1. The van der Waals surface area contributed by atoms with Gasteiger partial charge in [-0.05, 0) is 17.5 Å². The van der Waals surface area contributed by atoms with Crippen molar-refractivity contribution in [1.82, 2.24) is 0 Å². The van der Waals surface area contributed by atoms with Crippen molar-refractivity contribution >= 4 is 17.4 Å². The molecule has 1 heterocycles. The average molecular weight is 178 g/mol. The van der Waals surface area contributed by atoms with Crippen molar-refractivity contribution < 1.29 is 5.11 Å². The van der Waals surface area contributed by atoms with Gasteiger partial charge in [0.05, 0.1) is 6.10 Å². The molecule has 0 fully saturated rings. The number of hydrogen-bond acceptors (Lipinski definition) is 2. The first-order chi connectivity index (χ1) is 5.83. The summed E-state index contributed by atoms with van der Waals surface area (Å²) in [6.07, 6.45) is 8.49. The Kier molecular flexibility index (Phi) is 3.59. The van der Waals surface area contributed by atoms with Crippen molar-refractivity contribution in [3.63, 3.8) is 0 Å². The Balaban J connectivity index is 2.46. The molecule has 0 aromatic carbocycles. The van der Waals surface area contributed by atoms with Crippen molar-refractivity contribution in [3.05, 3.63) is 28.5 Å². The van der Waals surface area contributed by atoms with Crippen molar-refractivity contribution in [2.45, 2.75) is 12.5 Å². The summed E-state index contributed by atoms with van der Waals surface area (Å²) in [6, 6.07) is 3.96. The zero-order chi connectivity index (χ0) is 8.81. The molecule has 62 valence electrons. The summed E-state index contributed by atoms with van der Waals surface area (Å²) in [6.45, 7) is 0. The van der Waals surface area contributed by atoms with Gasteiger partial charge in [0, 0.05) is 11.3 Å². The van der Waals surface area contributed by atoms with E-state index in [1.165, 1.54) is 0 Å². The summed E-state index contributed by atoms with van der Waals surface area (Å²) in [5.41, 5.74) is 0. The molecule has 1 nitrogen and oxygen atoms in total. The van der Waals surface area contributed by atoms with Crippen LogP contribution in [0.3, 0.4) is 0 Å². The molecule has 2 heteroatoms. The van der Waals surface area contributed by atoms with Crippen LogP contribution in [0, 0.1) is 12.3 Å². The van der Waals surface area contributed by atoms with Crippen LogP contribution < -0.4 is 0 Å². The van der Waals surface area contributed by atoms with Crippen LogP contribution in [-0.4, -0.2) is 11.2 Å². The normalized spacial score (nSPS) is 13.0. The number of terminal acetylenes is 1. The van der Waals surface area contributed by atoms with Crippen LogP contribution in [0.4, 0.5) is 0 Å². The van der Waals surface area contributed by atoms with Crippen LogP contribution in [0.25, 0.3) is 6.08 Å². The van der Waals surface area contributed by atoms with Gasteiger partial charge in [0.1, 0.15) is 0 Å². The molecule has 0 aliphatic heterocycles. The lowest BCUT2D eigenvalue weighted by Gasteiger charge is -1.96. The Morgan fingerprint density at radius 1 is 1.75 bits per heavy atom. The Hall–Kier alpha value is -1.04. The first kappa shape index (κ1) is 9.05. The van der Waals surface area contributed by atoms with E-state index in [2.05, 4.69) is 5.92 Å². The lowest BCUT2D eigenvalue weighted by molar-refractivity contribution is 0.230. The topological polar surface area (TPSA) is 20.2 Å². The molecule has 0 bridgehead atoms. The van der Waals surface area contributed by atoms with Gasteiger partial charge in [-0.2, -0.15) is 0 Å². The maximum absolute atomic E-state index is 9.22. The first-order valence-electron chi connectivity index (χ1n) is 3.66. The Labute approximate surface area is 76.4 Å². The highest BCUT2D eigenvalue weighted by molar-refractivity contribution is 7.10.